The van der Waals surface area contributed by atoms with Crippen LogP contribution in [0.3, 0.4) is 0 Å². The van der Waals surface area contributed by atoms with Gasteiger partial charge in [0.15, 0.2) is 0 Å². The minimum Gasteiger partial charge on any atom is -0.497 e. The number of halogens is 1. The van der Waals surface area contributed by atoms with Gasteiger partial charge in [-0.3, -0.25) is 9.59 Å². The molecule has 0 bridgehead atoms. The summed E-state index contributed by atoms with van der Waals surface area (Å²) in [6.45, 7) is 6.08. The molecule has 2 atom stereocenters. The van der Waals surface area contributed by atoms with Gasteiger partial charge in [-0.1, -0.05) is 42.8 Å². The number of carbonyl (C=O) groups is 2. The van der Waals surface area contributed by atoms with Crippen molar-refractivity contribution in [1.29, 1.82) is 0 Å². The Labute approximate surface area is 194 Å². The van der Waals surface area contributed by atoms with Crippen LogP contribution in [0.2, 0.25) is 5.02 Å². The maximum atomic E-state index is 13.1. The molecule has 0 saturated heterocycles. The molecule has 168 valence electrons. The Hall–Kier alpha value is -2.18. The number of carbonyl (C=O) groups excluding carboxylic acids is 2. The smallest absolute Gasteiger partial charge is 0.242 e. The Kier molecular flexibility index (Phi) is 10.2. The molecule has 0 aliphatic heterocycles. The monoisotopic (exact) mass is 462 g/mol. The molecule has 2 rings (SSSR count). The summed E-state index contributed by atoms with van der Waals surface area (Å²) in [5.74, 6) is 1.44. The Bertz CT molecular complexity index is 877. The van der Waals surface area contributed by atoms with Gasteiger partial charge in [0.25, 0.3) is 0 Å². The molecule has 0 aromatic heterocycles. The fourth-order valence-corrected chi connectivity index (χ4v) is 4.05. The van der Waals surface area contributed by atoms with E-state index in [1.54, 1.807) is 18.9 Å². The molecule has 7 heteroatoms. The van der Waals surface area contributed by atoms with Crippen molar-refractivity contribution in [1.82, 2.24) is 10.2 Å². The molecule has 2 aromatic carbocycles. The van der Waals surface area contributed by atoms with Crippen LogP contribution < -0.4 is 10.1 Å². The number of amides is 2. The maximum absolute atomic E-state index is 13.1. The van der Waals surface area contributed by atoms with Crippen LogP contribution in [0.5, 0.6) is 5.75 Å². The first kappa shape index (κ1) is 25.1. The van der Waals surface area contributed by atoms with Crippen LogP contribution in [0.15, 0.2) is 48.5 Å². The molecule has 0 aliphatic rings. The number of methoxy groups -OCH3 is 1. The average Bonchev–Trinajstić information content (AvgIpc) is 2.76. The topological polar surface area (TPSA) is 58.6 Å². The Morgan fingerprint density at radius 3 is 2.52 bits per heavy atom. The molecule has 0 fully saturated rings. The summed E-state index contributed by atoms with van der Waals surface area (Å²) >= 11 is 7.55. The second-order valence-electron chi connectivity index (χ2n) is 7.49. The fraction of sp³-hybridized carbons (Fsp3) is 0.417. The van der Waals surface area contributed by atoms with E-state index in [0.717, 1.165) is 23.3 Å². The van der Waals surface area contributed by atoms with Crippen molar-refractivity contribution in [2.24, 2.45) is 0 Å². The van der Waals surface area contributed by atoms with Crippen LogP contribution in [-0.4, -0.2) is 41.7 Å². The van der Waals surface area contributed by atoms with Crippen molar-refractivity contribution in [3.05, 3.63) is 64.7 Å². The lowest BCUT2D eigenvalue weighted by Gasteiger charge is -2.29. The van der Waals surface area contributed by atoms with E-state index in [2.05, 4.69) is 5.32 Å². The molecule has 0 radical (unpaired) electrons. The summed E-state index contributed by atoms with van der Waals surface area (Å²) in [4.78, 5) is 27.5. The number of ether oxygens (including phenoxy) is 1. The number of hydrogen-bond acceptors (Lipinski definition) is 4. The summed E-state index contributed by atoms with van der Waals surface area (Å²) in [6, 6.07) is 14.6. The molecule has 1 N–H and O–H groups in total. The van der Waals surface area contributed by atoms with Gasteiger partial charge in [0.1, 0.15) is 11.8 Å². The van der Waals surface area contributed by atoms with Gasteiger partial charge < -0.3 is 15.0 Å². The van der Waals surface area contributed by atoms with E-state index in [-0.39, 0.29) is 23.6 Å². The number of rotatable bonds is 11. The Morgan fingerprint density at radius 2 is 1.84 bits per heavy atom. The summed E-state index contributed by atoms with van der Waals surface area (Å²) in [5, 5.41) is 3.66. The minimum absolute atomic E-state index is 0.0564. The molecule has 2 unspecified atom stereocenters. The first-order valence-electron chi connectivity index (χ1n) is 10.4. The zero-order valence-corrected chi connectivity index (χ0v) is 20.1. The Balaban J connectivity index is 2.10. The molecular weight excluding hydrogens is 432 g/mol. The van der Waals surface area contributed by atoms with E-state index in [1.807, 2.05) is 62.4 Å². The largest absolute Gasteiger partial charge is 0.497 e. The van der Waals surface area contributed by atoms with E-state index < -0.39 is 6.04 Å². The quantitative estimate of drug-likeness (QED) is 0.515. The number of nitrogens with one attached hydrogen (secondary N) is 1. The second-order valence-corrected chi connectivity index (χ2v) is 8.91. The lowest BCUT2D eigenvalue weighted by atomic mass is 10.1. The number of benzene rings is 2. The second kappa shape index (κ2) is 12.6. The molecule has 0 heterocycles. The van der Waals surface area contributed by atoms with Gasteiger partial charge in [0.05, 0.1) is 12.9 Å². The van der Waals surface area contributed by atoms with Crippen LogP contribution in [-0.2, 0) is 21.9 Å². The molecular formula is C24H31ClN2O3S. The highest BCUT2D eigenvalue weighted by atomic mass is 35.5. The highest BCUT2D eigenvalue weighted by Crippen LogP contribution is 2.20. The zero-order valence-electron chi connectivity index (χ0n) is 18.6. The third kappa shape index (κ3) is 8.11. The third-order valence-electron chi connectivity index (χ3n) is 5.04. The lowest BCUT2D eigenvalue weighted by molar-refractivity contribution is -0.138. The van der Waals surface area contributed by atoms with Gasteiger partial charge in [-0.05, 0) is 55.7 Å². The predicted octanol–water partition coefficient (Wildman–Crippen LogP) is 4.91. The van der Waals surface area contributed by atoms with Crippen LogP contribution in [0.25, 0.3) is 0 Å². The molecule has 0 aliphatic carbocycles. The van der Waals surface area contributed by atoms with Crippen LogP contribution in [0, 0.1) is 0 Å². The Morgan fingerprint density at radius 1 is 1.13 bits per heavy atom. The van der Waals surface area contributed by atoms with Gasteiger partial charge in [0.2, 0.25) is 11.8 Å². The summed E-state index contributed by atoms with van der Waals surface area (Å²) in [5.41, 5.74) is 1.97. The van der Waals surface area contributed by atoms with E-state index in [1.165, 1.54) is 11.8 Å². The highest BCUT2D eigenvalue weighted by molar-refractivity contribution is 7.99. The standard InChI is InChI=1S/C24H31ClN2O3S/c1-5-17(2)26-24(29)18(3)27(14-19-8-7-11-22(13-19)30-4)23(28)16-31-15-20-9-6-10-21(25)12-20/h6-13,17-18H,5,14-16H2,1-4H3,(H,26,29). The summed E-state index contributed by atoms with van der Waals surface area (Å²) in [7, 11) is 1.61. The third-order valence-corrected chi connectivity index (χ3v) is 6.26. The first-order chi connectivity index (χ1) is 14.8. The van der Waals surface area contributed by atoms with Crippen molar-refractivity contribution < 1.29 is 14.3 Å². The normalized spacial score (nSPS) is 12.7. The van der Waals surface area contributed by atoms with E-state index in [9.17, 15) is 9.59 Å². The maximum Gasteiger partial charge on any atom is 0.242 e. The summed E-state index contributed by atoms with van der Waals surface area (Å²) in [6.07, 6.45) is 0.831. The van der Waals surface area contributed by atoms with Crippen molar-refractivity contribution >= 4 is 35.2 Å². The van der Waals surface area contributed by atoms with Gasteiger partial charge >= 0.3 is 0 Å². The van der Waals surface area contributed by atoms with Crippen LogP contribution in [0.1, 0.15) is 38.3 Å². The number of nitrogens with zero attached hydrogens (tertiary/aromatic N) is 1. The lowest BCUT2D eigenvalue weighted by Crippen LogP contribution is -2.50. The fourth-order valence-electron chi connectivity index (χ4n) is 2.98. The zero-order chi connectivity index (χ0) is 22.8. The van der Waals surface area contributed by atoms with Crippen molar-refractivity contribution in [2.75, 3.05) is 12.9 Å². The van der Waals surface area contributed by atoms with Crippen molar-refractivity contribution in [3.8, 4) is 5.75 Å². The van der Waals surface area contributed by atoms with Gasteiger partial charge in [-0.15, -0.1) is 11.8 Å². The summed E-state index contributed by atoms with van der Waals surface area (Å²) < 4.78 is 5.30. The van der Waals surface area contributed by atoms with Gasteiger partial charge in [0, 0.05) is 23.4 Å². The predicted molar refractivity (Wildman–Crippen MR) is 129 cm³/mol. The molecule has 31 heavy (non-hydrogen) atoms. The van der Waals surface area contributed by atoms with Crippen molar-refractivity contribution in [3.63, 3.8) is 0 Å². The molecule has 2 aromatic rings. The van der Waals surface area contributed by atoms with Crippen LogP contribution in [0.4, 0.5) is 0 Å². The molecule has 0 spiro atoms. The van der Waals surface area contributed by atoms with Gasteiger partial charge in [-0.2, -0.15) is 0 Å². The van der Waals surface area contributed by atoms with E-state index >= 15 is 0 Å². The van der Waals surface area contributed by atoms with Crippen LogP contribution >= 0.6 is 23.4 Å². The minimum atomic E-state index is -0.584. The average molecular weight is 463 g/mol. The van der Waals surface area contributed by atoms with E-state index in [4.69, 9.17) is 16.3 Å². The SMILES string of the molecule is CCC(C)NC(=O)C(C)N(Cc1cccc(OC)c1)C(=O)CSCc1cccc(Cl)c1. The number of hydrogen-bond donors (Lipinski definition) is 1. The van der Waals surface area contributed by atoms with Crippen molar-refractivity contribution in [2.45, 2.75) is 51.6 Å². The first-order valence-corrected chi connectivity index (χ1v) is 11.9. The highest BCUT2D eigenvalue weighted by Gasteiger charge is 2.26. The molecule has 5 nitrogen and oxygen atoms in total. The van der Waals surface area contributed by atoms with E-state index in [0.29, 0.717) is 17.3 Å². The van der Waals surface area contributed by atoms with Gasteiger partial charge in [-0.25, -0.2) is 0 Å². The molecule has 0 saturated carbocycles. The number of thioether (sulfide) groups is 1. The molecule has 2 amide bonds.